The van der Waals surface area contributed by atoms with Crippen molar-refractivity contribution < 1.29 is 0 Å². The van der Waals surface area contributed by atoms with Crippen LogP contribution in [0.3, 0.4) is 0 Å². The summed E-state index contributed by atoms with van der Waals surface area (Å²) in [6.07, 6.45) is 7.92. The Labute approximate surface area is 203 Å². The average molecular weight is 537 g/mol. The van der Waals surface area contributed by atoms with E-state index in [1.807, 2.05) is 0 Å². The lowest BCUT2D eigenvalue weighted by molar-refractivity contribution is 0.596. The Morgan fingerprint density at radius 2 is 2.00 bits per heavy atom. The van der Waals surface area contributed by atoms with Crippen LogP contribution in [0.25, 0.3) is 0 Å². The molecule has 0 radical (unpaired) electrons. The molecule has 2 aromatic rings. The molecule has 170 valence electrons. The third kappa shape index (κ3) is 6.57. The van der Waals surface area contributed by atoms with Crippen molar-refractivity contribution >= 4 is 35.6 Å². The normalized spacial score (nSPS) is 18.8. The van der Waals surface area contributed by atoms with Gasteiger partial charge in [-0.15, -0.1) is 34.2 Å². The standard InChI is InChI=1S/C23H35N7.HI/c1-2-24-23(26-19-14-17-29(18-19)20-10-5-3-6-11-20)25-15-9-13-22-28-27-21-12-7-4-8-16-30(21)22;/h3,5-6,10-11,19H,2,4,7-9,12-18H2,1H3,(H2,24,25,26);1H. The van der Waals surface area contributed by atoms with E-state index in [0.717, 1.165) is 70.2 Å². The van der Waals surface area contributed by atoms with E-state index >= 15 is 0 Å². The molecule has 0 bridgehead atoms. The van der Waals surface area contributed by atoms with Gasteiger partial charge in [0.15, 0.2) is 5.96 Å². The Bertz CT molecular complexity index is 821. The number of anilines is 1. The quantitative estimate of drug-likeness (QED) is 0.245. The summed E-state index contributed by atoms with van der Waals surface area (Å²) in [6, 6.07) is 11.1. The number of fused-ring (bicyclic) bond motifs is 1. The van der Waals surface area contributed by atoms with Crippen molar-refractivity contribution in [2.45, 2.75) is 64.5 Å². The largest absolute Gasteiger partial charge is 0.369 e. The van der Waals surface area contributed by atoms with E-state index in [0.29, 0.717) is 6.04 Å². The maximum Gasteiger partial charge on any atom is 0.191 e. The molecule has 1 fully saturated rings. The zero-order valence-corrected chi connectivity index (χ0v) is 20.9. The number of benzene rings is 1. The average Bonchev–Trinajstić information content (AvgIpc) is 3.32. The number of hydrogen-bond donors (Lipinski definition) is 2. The summed E-state index contributed by atoms with van der Waals surface area (Å²) in [6.45, 7) is 6.96. The topological polar surface area (TPSA) is 70.4 Å². The van der Waals surface area contributed by atoms with E-state index in [2.05, 4.69) is 67.6 Å². The summed E-state index contributed by atoms with van der Waals surface area (Å²) in [4.78, 5) is 7.27. The molecule has 3 heterocycles. The first-order chi connectivity index (χ1) is 14.8. The number of hydrogen-bond acceptors (Lipinski definition) is 4. The van der Waals surface area contributed by atoms with E-state index in [-0.39, 0.29) is 24.0 Å². The lowest BCUT2D eigenvalue weighted by atomic mass is 10.2. The molecule has 7 nitrogen and oxygen atoms in total. The fraction of sp³-hybridized carbons (Fsp3) is 0.609. The predicted octanol–water partition coefficient (Wildman–Crippen LogP) is 3.39. The van der Waals surface area contributed by atoms with Gasteiger partial charge in [-0.3, -0.25) is 4.99 Å². The first kappa shape index (κ1) is 23.8. The Hall–Kier alpha value is -1.84. The SMILES string of the molecule is CCNC(=NCCCc1nnc2n1CCCCC2)NC1CCN(c2ccccc2)C1.I. The van der Waals surface area contributed by atoms with Gasteiger partial charge in [0.2, 0.25) is 0 Å². The van der Waals surface area contributed by atoms with Gasteiger partial charge >= 0.3 is 0 Å². The lowest BCUT2D eigenvalue weighted by Gasteiger charge is -2.20. The Morgan fingerprint density at radius 1 is 1.13 bits per heavy atom. The summed E-state index contributed by atoms with van der Waals surface area (Å²) in [5.41, 5.74) is 1.30. The van der Waals surface area contributed by atoms with Gasteiger partial charge in [0.25, 0.3) is 0 Å². The van der Waals surface area contributed by atoms with Gasteiger partial charge < -0.3 is 20.1 Å². The molecule has 1 aromatic heterocycles. The van der Waals surface area contributed by atoms with Crippen LogP contribution in [0.2, 0.25) is 0 Å². The highest BCUT2D eigenvalue weighted by Gasteiger charge is 2.23. The number of aromatic nitrogens is 3. The molecule has 1 aromatic carbocycles. The molecule has 8 heteroatoms. The highest BCUT2D eigenvalue weighted by atomic mass is 127. The van der Waals surface area contributed by atoms with Crippen LogP contribution in [0.5, 0.6) is 0 Å². The minimum atomic E-state index is 0. The van der Waals surface area contributed by atoms with Crippen molar-refractivity contribution in [3.05, 3.63) is 42.0 Å². The maximum absolute atomic E-state index is 4.82. The summed E-state index contributed by atoms with van der Waals surface area (Å²) in [7, 11) is 0. The van der Waals surface area contributed by atoms with E-state index in [9.17, 15) is 0 Å². The number of halogens is 1. The highest BCUT2D eigenvalue weighted by molar-refractivity contribution is 14.0. The van der Waals surface area contributed by atoms with Crippen LogP contribution in [0, 0.1) is 0 Å². The van der Waals surface area contributed by atoms with Gasteiger partial charge in [0.05, 0.1) is 0 Å². The third-order valence-electron chi connectivity index (χ3n) is 6.01. The van der Waals surface area contributed by atoms with Crippen LogP contribution < -0.4 is 15.5 Å². The highest BCUT2D eigenvalue weighted by Crippen LogP contribution is 2.19. The second kappa shape index (κ2) is 12.3. The summed E-state index contributed by atoms with van der Waals surface area (Å²) < 4.78 is 2.34. The molecule has 31 heavy (non-hydrogen) atoms. The number of para-hydroxylation sites is 1. The molecule has 0 saturated carbocycles. The zero-order valence-electron chi connectivity index (χ0n) is 18.6. The number of aryl methyl sites for hydroxylation is 2. The van der Waals surface area contributed by atoms with Crippen LogP contribution in [0.1, 0.15) is 50.7 Å². The molecule has 0 spiro atoms. The third-order valence-corrected chi connectivity index (χ3v) is 6.01. The molecule has 0 amide bonds. The fourth-order valence-electron chi connectivity index (χ4n) is 4.42. The Morgan fingerprint density at radius 3 is 2.84 bits per heavy atom. The van der Waals surface area contributed by atoms with Crippen LogP contribution in [0.4, 0.5) is 5.69 Å². The first-order valence-electron chi connectivity index (χ1n) is 11.6. The number of aliphatic imine (C=N–C) groups is 1. The Balaban J connectivity index is 0.00000272. The van der Waals surface area contributed by atoms with Crippen LogP contribution in [0.15, 0.2) is 35.3 Å². The minimum Gasteiger partial charge on any atom is -0.369 e. The van der Waals surface area contributed by atoms with Gasteiger partial charge in [-0.05, 0) is 44.7 Å². The molecular formula is C23H36IN7. The van der Waals surface area contributed by atoms with E-state index < -0.39 is 0 Å². The van der Waals surface area contributed by atoms with Gasteiger partial charge in [0.1, 0.15) is 11.6 Å². The van der Waals surface area contributed by atoms with Gasteiger partial charge in [-0.25, -0.2) is 0 Å². The van der Waals surface area contributed by atoms with Crippen molar-refractivity contribution in [1.29, 1.82) is 0 Å². The van der Waals surface area contributed by atoms with E-state index in [1.165, 1.54) is 30.8 Å². The van der Waals surface area contributed by atoms with E-state index in [4.69, 9.17) is 4.99 Å². The van der Waals surface area contributed by atoms with Crippen LogP contribution in [-0.4, -0.2) is 52.9 Å². The molecule has 2 aliphatic rings. The number of rotatable bonds is 7. The molecule has 2 aliphatic heterocycles. The minimum absolute atomic E-state index is 0. The predicted molar refractivity (Wildman–Crippen MR) is 137 cm³/mol. The molecule has 4 rings (SSSR count). The second-order valence-corrected chi connectivity index (χ2v) is 8.27. The van der Waals surface area contributed by atoms with Crippen LogP contribution in [-0.2, 0) is 19.4 Å². The molecule has 1 unspecified atom stereocenters. The molecule has 1 saturated heterocycles. The summed E-state index contributed by atoms with van der Waals surface area (Å²) >= 11 is 0. The number of nitrogens with zero attached hydrogens (tertiary/aromatic N) is 5. The van der Waals surface area contributed by atoms with E-state index in [1.54, 1.807) is 0 Å². The summed E-state index contributed by atoms with van der Waals surface area (Å²) in [5, 5.41) is 15.9. The molecular weight excluding hydrogens is 501 g/mol. The van der Waals surface area contributed by atoms with Crippen molar-refractivity contribution in [3.63, 3.8) is 0 Å². The van der Waals surface area contributed by atoms with Gasteiger partial charge in [-0.2, -0.15) is 0 Å². The van der Waals surface area contributed by atoms with Gasteiger partial charge in [-0.1, -0.05) is 24.6 Å². The van der Waals surface area contributed by atoms with Crippen molar-refractivity contribution in [2.24, 2.45) is 4.99 Å². The second-order valence-electron chi connectivity index (χ2n) is 8.27. The maximum atomic E-state index is 4.82. The lowest BCUT2D eigenvalue weighted by Crippen LogP contribution is -2.44. The van der Waals surface area contributed by atoms with Gasteiger partial charge in [0, 0.05) is 57.3 Å². The van der Waals surface area contributed by atoms with Crippen molar-refractivity contribution in [3.8, 4) is 0 Å². The smallest absolute Gasteiger partial charge is 0.191 e. The monoisotopic (exact) mass is 537 g/mol. The Kier molecular flexibility index (Phi) is 9.42. The summed E-state index contributed by atoms with van der Waals surface area (Å²) in [5.74, 6) is 3.23. The number of guanidine groups is 1. The molecule has 1 atom stereocenters. The van der Waals surface area contributed by atoms with Crippen molar-refractivity contribution in [2.75, 3.05) is 31.1 Å². The van der Waals surface area contributed by atoms with Crippen molar-refractivity contribution in [1.82, 2.24) is 25.4 Å². The first-order valence-corrected chi connectivity index (χ1v) is 11.6. The molecule has 2 N–H and O–H groups in total. The fourth-order valence-corrected chi connectivity index (χ4v) is 4.42. The zero-order chi connectivity index (χ0) is 20.6. The van der Waals surface area contributed by atoms with Crippen LogP contribution >= 0.6 is 24.0 Å². The molecule has 0 aliphatic carbocycles. The number of nitrogens with one attached hydrogen (secondary N) is 2.